The van der Waals surface area contributed by atoms with E-state index < -0.39 is 17.8 Å². The van der Waals surface area contributed by atoms with Crippen LogP contribution in [0, 0.1) is 0 Å². The number of aliphatic hydroxyl groups is 1. The normalized spacial score (nSPS) is 31.4. The molecule has 1 amide bonds. The molecule has 0 aromatic heterocycles. The number of β-amino-alcohol motifs (C(OH)–C–C–N with tert-alkyl or cyclic N) is 1. The molecule has 0 bridgehead atoms. The lowest BCUT2D eigenvalue weighted by Gasteiger charge is -2.24. The Hall–Kier alpha value is -0.810. The van der Waals surface area contributed by atoms with E-state index in [9.17, 15) is 9.90 Å². The first-order valence-corrected chi connectivity index (χ1v) is 5.20. The third-order valence-electron chi connectivity index (χ3n) is 2.29. The minimum Gasteiger partial charge on any atom is -0.444 e. The fourth-order valence-electron chi connectivity index (χ4n) is 1.56. The Bertz CT molecular complexity index is 227. The second kappa shape index (κ2) is 4.37. The van der Waals surface area contributed by atoms with E-state index in [2.05, 4.69) is 10.6 Å². The van der Waals surface area contributed by atoms with Crippen LogP contribution in [0.15, 0.2) is 0 Å². The molecule has 1 heterocycles. The second-order valence-electron chi connectivity index (χ2n) is 4.94. The van der Waals surface area contributed by atoms with Gasteiger partial charge >= 0.3 is 6.09 Å². The van der Waals surface area contributed by atoms with Gasteiger partial charge < -0.3 is 20.5 Å². The first kappa shape index (κ1) is 12.3. The standard InChI is InChI=1S/C10H20N2O3/c1-6-8(7(13)5-11-6)12-9(14)15-10(2,3)4/h6-8,11,13H,5H2,1-4H3,(H,12,14)/t6-,7-,8-/m0/s1. The predicted octanol–water partition coefficient (Wildman–Crippen LogP) is 0.232. The van der Waals surface area contributed by atoms with Crippen LogP contribution < -0.4 is 10.6 Å². The van der Waals surface area contributed by atoms with Crippen LogP contribution in [0.3, 0.4) is 0 Å². The molecule has 5 nitrogen and oxygen atoms in total. The van der Waals surface area contributed by atoms with Gasteiger partial charge in [-0.2, -0.15) is 0 Å². The number of hydrogen-bond donors (Lipinski definition) is 3. The summed E-state index contributed by atoms with van der Waals surface area (Å²) in [5.41, 5.74) is -0.510. The molecule has 1 aliphatic rings. The Morgan fingerprint density at radius 3 is 2.53 bits per heavy atom. The van der Waals surface area contributed by atoms with Gasteiger partial charge in [0.2, 0.25) is 0 Å². The van der Waals surface area contributed by atoms with Gasteiger partial charge in [-0.05, 0) is 27.7 Å². The lowest BCUT2D eigenvalue weighted by atomic mass is 10.1. The summed E-state index contributed by atoms with van der Waals surface area (Å²) in [5.74, 6) is 0. The number of carbonyl (C=O) groups excluding carboxylic acids is 1. The minimum atomic E-state index is -0.549. The van der Waals surface area contributed by atoms with E-state index in [0.717, 1.165) is 0 Å². The fourth-order valence-corrected chi connectivity index (χ4v) is 1.56. The van der Waals surface area contributed by atoms with Crippen LogP contribution in [0.5, 0.6) is 0 Å². The van der Waals surface area contributed by atoms with E-state index in [1.54, 1.807) is 20.8 Å². The van der Waals surface area contributed by atoms with Gasteiger partial charge in [-0.1, -0.05) is 0 Å². The van der Waals surface area contributed by atoms with Gasteiger partial charge in [0.25, 0.3) is 0 Å². The molecule has 3 N–H and O–H groups in total. The molecule has 15 heavy (non-hydrogen) atoms. The van der Waals surface area contributed by atoms with Crippen molar-refractivity contribution in [3.8, 4) is 0 Å². The molecule has 0 saturated carbocycles. The van der Waals surface area contributed by atoms with Gasteiger partial charge in [-0.3, -0.25) is 0 Å². The molecule has 0 aromatic rings. The monoisotopic (exact) mass is 216 g/mol. The lowest BCUT2D eigenvalue weighted by molar-refractivity contribution is 0.0449. The van der Waals surface area contributed by atoms with E-state index in [4.69, 9.17) is 4.74 Å². The number of nitrogens with one attached hydrogen (secondary N) is 2. The lowest BCUT2D eigenvalue weighted by Crippen LogP contribution is -2.48. The first-order valence-electron chi connectivity index (χ1n) is 5.20. The maximum atomic E-state index is 11.4. The molecular weight excluding hydrogens is 196 g/mol. The van der Waals surface area contributed by atoms with Crippen LogP contribution in [-0.2, 0) is 4.74 Å². The molecule has 0 aliphatic carbocycles. The SMILES string of the molecule is C[C@@H]1NC[C@H](O)[C@H]1NC(=O)OC(C)(C)C. The first-order chi connectivity index (χ1) is 6.79. The number of ether oxygens (including phenoxy) is 1. The van der Waals surface area contributed by atoms with Gasteiger partial charge in [0, 0.05) is 12.6 Å². The molecule has 3 atom stereocenters. The third-order valence-corrected chi connectivity index (χ3v) is 2.29. The predicted molar refractivity (Wildman–Crippen MR) is 56.6 cm³/mol. The highest BCUT2D eigenvalue weighted by Crippen LogP contribution is 2.10. The van der Waals surface area contributed by atoms with Crippen molar-refractivity contribution < 1.29 is 14.6 Å². The van der Waals surface area contributed by atoms with E-state index in [0.29, 0.717) is 6.54 Å². The number of amides is 1. The maximum absolute atomic E-state index is 11.4. The van der Waals surface area contributed by atoms with E-state index in [1.807, 2.05) is 6.92 Å². The zero-order valence-electron chi connectivity index (χ0n) is 9.70. The summed E-state index contributed by atoms with van der Waals surface area (Å²) in [6.45, 7) is 7.83. The zero-order chi connectivity index (χ0) is 11.6. The smallest absolute Gasteiger partial charge is 0.408 e. The third kappa shape index (κ3) is 3.68. The molecule has 1 fully saturated rings. The zero-order valence-corrected chi connectivity index (χ0v) is 9.70. The number of rotatable bonds is 1. The van der Waals surface area contributed by atoms with Crippen molar-refractivity contribution in [1.29, 1.82) is 0 Å². The largest absolute Gasteiger partial charge is 0.444 e. The van der Waals surface area contributed by atoms with Crippen molar-refractivity contribution in [3.63, 3.8) is 0 Å². The average molecular weight is 216 g/mol. The highest BCUT2D eigenvalue weighted by molar-refractivity contribution is 5.68. The van der Waals surface area contributed by atoms with E-state index >= 15 is 0 Å². The Labute approximate surface area is 90.2 Å². The number of carbonyl (C=O) groups is 1. The van der Waals surface area contributed by atoms with Crippen LogP contribution in [0.1, 0.15) is 27.7 Å². The molecule has 1 saturated heterocycles. The highest BCUT2D eigenvalue weighted by atomic mass is 16.6. The van der Waals surface area contributed by atoms with Gasteiger partial charge in [0.15, 0.2) is 0 Å². The van der Waals surface area contributed by atoms with Crippen molar-refractivity contribution >= 4 is 6.09 Å². The van der Waals surface area contributed by atoms with Crippen LogP contribution in [-0.4, -0.2) is 41.5 Å². The van der Waals surface area contributed by atoms with Crippen molar-refractivity contribution in [2.75, 3.05) is 6.54 Å². The quantitative estimate of drug-likeness (QED) is 0.587. The molecule has 88 valence electrons. The summed E-state index contributed by atoms with van der Waals surface area (Å²) >= 11 is 0. The molecule has 1 rings (SSSR count). The summed E-state index contributed by atoms with van der Waals surface area (Å²) in [4.78, 5) is 11.4. The van der Waals surface area contributed by atoms with Gasteiger partial charge in [0.05, 0.1) is 12.1 Å². The summed E-state index contributed by atoms with van der Waals surface area (Å²) in [5, 5.41) is 15.3. The Balaban J connectivity index is 2.44. The Kier molecular flexibility index (Phi) is 3.57. The van der Waals surface area contributed by atoms with E-state index in [-0.39, 0.29) is 12.1 Å². The van der Waals surface area contributed by atoms with Crippen molar-refractivity contribution in [2.45, 2.75) is 51.5 Å². The number of hydrogen-bond acceptors (Lipinski definition) is 4. The van der Waals surface area contributed by atoms with Crippen LogP contribution in [0.25, 0.3) is 0 Å². The fraction of sp³-hybridized carbons (Fsp3) is 0.900. The molecule has 0 unspecified atom stereocenters. The van der Waals surface area contributed by atoms with Crippen LogP contribution >= 0.6 is 0 Å². The summed E-state index contributed by atoms with van der Waals surface area (Å²) in [6, 6.07) is -0.215. The van der Waals surface area contributed by atoms with Gasteiger partial charge in [-0.15, -0.1) is 0 Å². The topological polar surface area (TPSA) is 70.6 Å². The summed E-state index contributed by atoms with van der Waals surface area (Å²) in [6.07, 6.45) is -1.03. The van der Waals surface area contributed by atoms with Gasteiger partial charge in [-0.25, -0.2) is 4.79 Å². The molecule has 5 heteroatoms. The Morgan fingerprint density at radius 1 is 1.53 bits per heavy atom. The molecule has 1 aliphatic heterocycles. The summed E-state index contributed by atoms with van der Waals surface area (Å²) < 4.78 is 5.11. The number of aliphatic hydroxyl groups excluding tert-OH is 1. The van der Waals surface area contributed by atoms with Crippen LogP contribution in [0.4, 0.5) is 4.79 Å². The second-order valence-corrected chi connectivity index (χ2v) is 4.94. The molecule has 0 spiro atoms. The van der Waals surface area contributed by atoms with Crippen LogP contribution in [0.2, 0.25) is 0 Å². The van der Waals surface area contributed by atoms with Crippen molar-refractivity contribution in [1.82, 2.24) is 10.6 Å². The van der Waals surface area contributed by atoms with Gasteiger partial charge in [0.1, 0.15) is 5.60 Å². The van der Waals surface area contributed by atoms with Crippen molar-refractivity contribution in [2.24, 2.45) is 0 Å². The van der Waals surface area contributed by atoms with Crippen molar-refractivity contribution in [3.05, 3.63) is 0 Å². The minimum absolute atomic E-state index is 0.0625. The highest BCUT2D eigenvalue weighted by Gasteiger charge is 2.33. The molecule has 0 aromatic carbocycles. The average Bonchev–Trinajstić information content (AvgIpc) is 2.32. The number of alkyl carbamates (subject to hydrolysis) is 1. The van der Waals surface area contributed by atoms with E-state index in [1.165, 1.54) is 0 Å². The molecule has 0 radical (unpaired) electrons. The Morgan fingerprint density at radius 2 is 2.13 bits per heavy atom. The maximum Gasteiger partial charge on any atom is 0.408 e. The summed E-state index contributed by atoms with van der Waals surface area (Å²) in [7, 11) is 0. The molecular formula is C10H20N2O3.